The molecule has 0 aliphatic heterocycles. The van der Waals surface area contributed by atoms with Crippen LogP contribution in [-0.2, 0) is 19.9 Å². The summed E-state index contributed by atoms with van der Waals surface area (Å²) < 4.78 is 11.9. The molecule has 0 heterocycles. The molecule has 0 bridgehead atoms. The molecule has 3 heteroatoms. The molecule has 0 amide bonds. The highest BCUT2D eigenvalue weighted by Gasteiger charge is 2.37. The van der Waals surface area contributed by atoms with Crippen LogP contribution in [0.3, 0.4) is 0 Å². The van der Waals surface area contributed by atoms with Gasteiger partial charge in [0.2, 0.25) is 0 Å². The average Bonchev–Trinajstić information content (AvgIpc) is 2.73. The summed E-state index contributed by atoms with van der Waals surface area (Å²) in [4.78, 5) is 11.2. The topological polar surface area (TPSA) is 35.5 Å². The Balaban J connectivity index is 2.03. The van der Waals surface area contributed by atoms with E-state index in [9.17, 15) is 4.79 Å². The third-order valence-corrected chi connectivity index (χ3v) is 4.75. The Labute approximate surface area is 166 Å². The molecule has 0 N–H and O–H groups in total. The summed E-state index contributed by atoms with van der Waals surface area (Å²) in [7, 11) is 0. The Morgan fingerprint density at radius 3 is 1.54 bits per heavy atom. The van der Waals surface area contributed by atoms with Crippen LogP contribution in [0.1, 0.15) is 37.0 Å². The van der Waals surface area contributed by atoms with Gasteiger partial charge in [-0.05, 0) is 23.6 Å². The first-order valence-electron chi connectivity index (χ1n) is 9.60. The molecule has 3 aromatic carbocycles. The summed E-state index contributed by atoms with van der Waals surface area (Å²) in [6, 6.07) is 30.7. The molecule has 0 aliphatic carbocycles. The van der Waals surface area contributed by atoms with Crippen LogP contribution in [0.5, 0.6) is 0 Å². The number of hydrogen-bond acceptors (Lipinski definition) is 3. The fourth-order valence-corrected chi connectivity index (χ4v) is 3.49. The zero-order chi connectivity index (χ0) is 19.8. The summed E-state index contributed by atoms with van der Waals surface area (Å²) in [6.07, 6.45) is 0.422. The molecule has 0 aromatic heterocycles. The Kier molecular flexibility index (Phi) is 6.62. The molecule has 0 saturated carbocycles. The minimum Gasteiger partial charge on any atom is -0.463 e. The van der Waals surface area contributed by atoms with Crippen molar-refractivity contribution in [3.05, 3.63) is 108 Å². The van der Waals surface area contributed by atoms with E-state index in [1.165, 1.54) is 6.92 Å². The number of ether oxygens (including phenoxy) is 2. The zero-order valence-corrected chi connectivity index (χ0v) is 16.4. The van der Waals surface area contributed by atoms with Gasteiger partial charge in [0.05, 0.1) is 6.61 Å². The van der Waals surface area contributed by atoms with Crippen molar-refractivity contribution in [2.24, 2.45) is 0 Å². The lowest BCUT2D eigenvalue weighted by Crippen LogP contribution is -2.34. The van der Waals surface area contributed by atoms with Crippen LogP contribution in [0, 0.1) is 0 Å². The lowest BCUT2D eigenvalue weighted by molar-refractivity contribution is -0.146. The van der Waals surface area contributed by atoms with Crippen LogP contribution in [-0.4, -0.2) is 18.7 Å². The summed E-state index contributed by atoms with van der Waals surface area (Å²) >= 11 is 0. The molecule has 0 radical (unpaired) electrons. The highest BCUT2D eigenvalue weighted by atomic mass is 16.5. The largest absolute Gasteiger partial charge is 0.463 e. The van der Waals surface area contributed by atoms with E-state index < -0.39 is 5.60 Å². The summed E-state index contributed by atoms with van der Waals surface area (Å²) in [5.74, 6) is -0.270. The number of hydrogen-bond donors (Lipinski definition) is 0. The predicted molar refractivity (Wildman–Crippen MR) is 111 cm³/mol. The van der Waals surface area contributed by atoms with Crippen LogP contribution in [0.2, 0.25) is 0 Å². The van der Waals surface area contributed by atoms with Gasteiger partial charge in [-0.3, -0.25) is 4.79 Å². The number of benzene rings is 3. The third kappa shape index (κ3) is 4.49. The molecule has 0 spiro atoms. The summed E-state index contributed by atoms with van der Waals surface area (Å²) in [5, 5.41) is 0. The van der Waals surface area contributed by atoms with Gasteiger partial charge in [0.25, 0.3) is 0 Å². The second-order valence-electron chi connectivity index (χ2n) is 6.84. The van der Waals surface area contributed by atoms with E-state index in [-0.39, 0.29) is 12.1 Å². The zero-order valence-electron chi connectivity index (χ0n) is 16.4. The molecular formula is C25H26O3. The Morgan fingerprint density at radius 2 is 1.18 bits per heavy atom. The van der Waals surface area contributed by atoms with Crippen molar-refractivity contribution < 1.29 is 14.3 Å². The maximum absolute atomic E-state index is 11.2. The molecule has 144 valence electrons. The van der Waals surface area contributed by atoms with E-state index in [2.05, 4.69) is 36.4 Å². The van der Waals surface area contributed by atoms with E-state index in [1.807, 2.05) is 61.5 Å². The normalized spacial score (nSPS) is 12.4. The van der Waals surface area contributed by atoms with E-state index in [4.69, 9.17) is 9.47 Å². The Hall–Kier alpha value is -2.91. The van der Waals surface area contributed by atoms with Crippen LogP contribution in [0.25, 0.3) is 0 Å². The van der Waals surface area contributed by atoms with Crippen LogP contribution in [0.15, 0.2) is 91.0 Å². The van der Waals surface area contributed by atoms with Crippen molar-refractivity contribution in [3.63, 3.8) is 0 Å². The third-order valence-electron chi connectivity index (χ3n) is 4.75. The van der Waals surface area contributed by atoms with Crippen molar-refractivity contribution in [3.8, 4) is 0 Å². The summed E-state index contributed by atoms with van der Waals surface area (Å²) in [6.45, 7) is 3.77. The van der Waals surface area contributed by atoms with Crippen LogP contribution >= 0.6 is 0 Å². The first-order chi connectivity index (χ1) is 13.6. The quantitative estimate of drug-likeness (QED) is 0.394. The van der Waals surface area contributed by atoms with Crippen molar-refractivity contribution in [1.82, 2.24) is 0 Å². The Morgan fingerprint density at radius 1 is 0.786 bits per heavy atom. The van der Waals surface area contributed by atoms with Gasteiger partial charge in [0.15, 0.2) is 0 Å². The van der Waals surface area contributed by atoms with Gasteiger partial charge >= 0.3 is 5.97 Å². The standard InChI is InChI=1S/C25H26O3/c1-20(28-21(2)26)18-19-27-25(22-12-6-3-7-13-22,23-14-8-4-9-15-23)24-16-10-5-11-17-24/h3-17,20H,18-19H2,1-2H3/t20-/m1/s1. The number of rotatable bonds is 8. The highest BCUT2D eigenvalue weighted by molar-refractivity contribution is 5.66. The summed E-state index contributed by atoms with van der Waals surface area (Å²) in [5.41, 5.74) is 2.45. The maximum Gasteiger partial charge on any atom is 0.302 e. The van der Waals surface area contributed by atoms with Gasteiger partial charge in [0, 0.05) is 13.3 Å². The van der Waals surface area contributed by atoms with E-state index >= 15 is 0 Å². The van der Waals surface area contributed by atoms with Crippen molar-refractivity contribution in [2.75, 3.05) is 6.61 Å². The van der Waals surface area contributed by atoms with Crippen LogP contribution < -0.4 is 0 Å². The smallest absolute Gasteiger partial charge is 0.302 e. The average molecular weight is 374 g/mol. The first kappa shape index (κ1) is 19.8. The second kappa shape index (κ2) is 9.34. The van der Waals surface area contributed by atoms with E-state index in [1.54, 1.807) is 0 Å². The number of carbonyl (C=O) groups is 1. The van der Waals surface area contributed by atoms with E-state index in [0.717, 1.165) is 16.7 Å². The van der Waals surface area contributed by atoms with Crippen molar-refractivity contribution >= 4 is 5.97 Å². The molecule has 3 aromatic rings. The van der Waals surface area contributed by atoms with Gasteiger partial charge in [-0.25, -0.2) is 0 Å². The van der Waals surface area contributed by atoms with Gasteiger partial charge in [-0.1, -0.05) is 91.0 Å². The van der Waals surface area contributed by atoms with Gasteiger partial charge in [0.1, 0.15) is 11.7 Å². The molecule has 0 saturated heterocycles. The molecule has 0 fully saturated rings. The minimum atomic E-state index is -0.736. The van der Waals surface area contributed by atoms with Gasteiger partial charge < -0.3 is 9.47 Å². The van der Waals surface area contributed by atoms with Gasteiger partial charge in [-0.2, -0.15) is 0 Å². The molecule has 0 aliphatic rings. The fraction of sp³-hybridized carbons (Fsp3) is 0.240. The second-order valence-corrected chi connectivity index (χ2v) is 6.84. The number of esters is 1. The molecule has 28 heavy (non-hydrogen) atoms. The van der Waals surface area contributed by atoms with Crippen LogP contribution in [0.4, 0.5) is 0 Å². The molecule has 3 nitrogen and oxygen atoms in total. The molecule has 3 rings (SSSR count). The fourth-order valence-electron chi connectivity index (χ4n) is 3.49. The van der Waals surface area contributed by atoms with Crippen molar-refractivity contribution in [2.45, 2.75) is 32.0 Å². The molecular weight excluding hydrogens is 348 g/mol. The molecule has 1 atom stereocenters. The Bertz CT molecular complexity index is 763. The molecule has 0 unspecified atom stereocenters. The maximum atomic E-state index is 11.2. The SMILES string of the molecule is CC(=O)O[C@H](C)CCOC(c1ccccc1)(c1ccccc1)c1ccccc1. The predicted octanol–water partition coefficient (Wildman–Crippen LogP) is 5.34. The first-order valence-corrected chi connectivity index (χ1v) is 9.60. The van der Waals surface area contributed by atoms with E-state index in [0.29, 0.717) is 13.0 Å². The minimum absolute atomic E-state index is 0.197. The monoisotopic (exact) mass is 374 g/mol. The lowest BCUT2D eigenvalue weighted by atomic mass is 9.80. The number of carbonyl (C=O) groups excluding carboxylic acids is 1. The highest BCUT2D eigenvalue weighted by Crippen LogP contribution is 2.40. The lowest BCUT2D eigenvalue weighted by Gasteiger charge is -2.36. The van der Waals surface area contributed by atoms with Crippen molar-refractivity contribution in [1.29, 1.82) is 0 Å². The van der Waals surface area contributed by atoms with Gasteiger partial charge in [-0.15, -0.1) is 0 Å².